The fourth-order valence-corrected chi connectivity index (χ4v) is 4.55. The van der Waals surface area contributed by atoms with Gasteiger partial charge in [0.15, 0.2) is 0 Å². The monoisotopic (exact) mass is 381 g/mol. The molecule has 3 aliphatic heterocycles. The van der Waals surface area contributed by atoms with Gasteiger partial charge in [0.05, 0.1) is 12.5 Å². The van der Waals surface area contributed by atoms with Gasteiger partial charge in [-0.3, -0.25) is 9.59 Å². The van der Waals surface area contributed by atoms with Crippen LogP contribution >= 0.6 is 0 Å². The van der Waals surface area contributed by atoms with Crippen molar-refractivity contribution in [1.82, 2.24) is 15.1 Å². The maximum absolute atomic E-state index is 13.2. The highest BCUT2D eigenvalue weighted by atomic mass is 16.5. The molecular formula is C19H31N3O5. The molecule has 0 aromatic carbocycles. The van der Waals surface area contributed by atoms with Crippen molar-refractivity contribution in [1.29, 1.82) is 0 Å². The molecule has 3 amide bonds. The Balaban J connectivity index is 1.67. The molecule has 0 aromatic heterocycles. The van der Waals surface area contributed by atoms with Crippen molar-refractivity contribution in [3.05, 3.63) is 0 Å². The normalized spacial score (nSPS) is 24.7. The van der Waals surface area contributed by atoms with E-state index in [9.17, 15) is 14.4 Å². The van der Waals surface area contributed by atoms with E-state index in [-0.39, 0.29) is 36.4 Å². The second-order valence-electron chi connectivity index (χ2n) is 7.76. The van der Waals surface area contributed by atoms with E-state index in [0.717, 1.165) is 38.8 Å². The third-order valence-corrected chi connectivity index (χ3v) is 6.08. The lowest BCUT2D eigenvalue weighted by molar-refractivity contribution is -0.142. The van der Waals surface area contributed by atoms with Crippen molar-refractivity contribution in [2.75, 3.05) is 52.5 Å². The van der Waals surface area contributed by atoms with Crippen molar-refractivity contribution in [2.45, 2.75) is 39.0 Å². The number of hydrogen-bond acceptors (Lipinski definition) is 5. The molecule has 8 heteroatoms. The van der Waals surface area contributed by atoms with Crippen LogP contribution < -0.4 is 5.32 Å². The molecular weight excluding hydrogens is 350 g/mol. The first-order valence-electron chi connectivity index (χ1n) is 10.1. The summed E-state index contributed by atoms with van der Waals surface area (Å²) in [6.07, 6.45) is 4.87. The van der Waals surface area contributed by atoms with E-state index in [0.29, 0.717) is 26.3 Å². The Kier molecular flexibility index (Phi) is 6.57. The predicted octanol–water partition coefficient (Wildman–Crippen LogP) is 1.00. The number of nitrogens with zero attached hydrogens (tertiary/aromatic N) is 2. The van der Waals surface area contributed by atoms with Gasteiger partial charge in [-0.05, 0) is 39.0 Å². The molecule has 3 fully saturated rings. The van der Waals surface area contributed by atoms with Crippen molar-refractivity contribution in [3.63, 3.8) is 0 Å². The van der Waals surface area contributed by atoms with Crippen molar-refractivity contribution >= 4 is 17.9 Å². The summed E-state index contributed by atoms with van der Waals surface area (Å²) >= 11 is 0. The summed E-state index contributed by atoms with van der Waals surface area (Å²) in [4.78, 5) is 41.0. The van der Waals surface area contributed by atoms with E-state index < -0.39 is 5.97 Å². The fourth-order valence-electron chi connectivity index (χ4n) is 4.55. The van der Waals surface area contributed by atoms with Crippen molar-refractivity contribution < 1.29 is 23.9 Å². The number of amides is 3. The van der Waals surface area contributed by atoms with Crippen LogP contribution in [0.4, 0.5) is 4.79 Å². The number of carbonyl (C=O) groups is 3. The summed E-state index contributed by atoms with van der Waals surface area (Å²) in [5, 5.41) is 2.63. The number of esters is 1. The van der Waals surface area contributed by atoms with Gasteiger partial charge < -0.3 is 24.6 Å². The third kappa shape index (κ3) is 4.54. The standard InChI is InChI=1S/C19H31N3O5/c1-2-27-16(23)12-20-18(25)22-13-15(17(24)21-8-4-3-5-9-21)19(14-22)6-10-26-11-7-19/h15H,2-14H2,1H3,(H,20,25). The first-order chi connectivity index (χ1) is 13.1. The number of carbonyl (C=O) groups excluding carboxylic acids is 3. The molecule has 0 saturated carbocycles. The lowest BCUT2D eigenvalue weighted by Crippen LogP contribution is -2.47. The van der Waals surface area contributed by atoms with E-state index in [1.165, 1.54) is 6.42 Å². The molecule has 0 radical (unpaired) electrons. The molecule has 3 saturated heterocycles. The molecule has 27 heavy (non-hydrogen) atoms. The van der Waals surface area contributed by atoms with Gasteiger partial charge in [-0.25, -0.2) is 4.79 Å². The lowest BCUT2D eigenvalue weighted by Gasteiger charge is -2.39. The zero-order chi connectivity index (χ0) is 19.3. The van der Waals surface area contributed by atoms with Gasteiger partial charge in [0.1, 0.15) is 6.54 Å². The predicted molar refractivity (Wildman–Crippen MR) is 98.0 cm³/mol. The van der Waals surface area contributed by atoms with Crippen molar-refractivity contribution in [2.24, 2.45) is 11.3 Å². The molecule has 0 aliphatic carbocycles. The van der Waals surface area contributed by atoms with Gasteiger partial charge in [0.2, 0.25) is 5.91 Å². The van der Waals surface area contributed by atoms with Crippen LogP contribution in [0.1, 0.15) is 39.0 Å². The number of likely N-dealkylation sites (tertiary alicyclic amines) is 2. The summed E-state index contributed by atoms with van der Waals surface area (Å²) in [6.45, 7) is 5.70. The Labute approximate surface area is 160 Å². The van der Waals surface area contributed by atoms with Crippen LogP contribution in [0.3, 0.4) is 0 Å². The molecule has 1 atom stereocenters. The number of nitrogens with one attached hydrogen (secondary N) is 1. The van der Waals surface area contributed by atoms with Crippen LogP contribution in [-0.4, -0.2) is 80.3 Å². The van der Waals surface area contributed by atoms with Gasteiger partial charge >= 0.3 is 12.0 Å². The average Bonchev–Trinajstić information content (AvgIpc) is 3.05. The minimum Gasteiger partial charge on any atom is -0.465 e. The Morgan fingerprint density at radius 3 is 2.48 bits per heavy atom. The molecule has 1 unspecified atom stereocenters. The van der Waals surface area contributed by atoms with E-state index in [1.807, 2.05) is 4.90 Å². The van der Waals surface area contributed by atoms with Crippen LogP contribution in [-0.2, 0) is 19.1 Å². The number of rotatable bonds is 4. The summed E-state index contributed by atoms with van der Waals surface area (Å²) < 4.78 is 10.4. The largest absolute Gasteiger partial charge is 0.465 e. The summed E-state index contributed by atoms with van der Waals surface area (Å²) in [7, 11) is 0. The SMILES string of the molecule is CCOC(=O)CNC(=O)N1CC(C(=O)N2CCCCC2)C2(CCOCC2)C1. The Morgan fingerprint density at radius 2 is 1.81 bits per heavy atom. The van der Waals surface area contributed by atoms with Gasteiger partial charge in [0.25, 0.3) is 0 Å². The Morgan fingerprint density at radius 1 is 1.11 bits per heavy atom. The Hall–Kier alpha value is -1.83. The molecule has 0 bridgehead atoms. The number of urea groups is 1. The summed E-state index contributed by atoms with van der Waals surface area (Å²) in [6, 6.07) is -0.303. The second-order valence-corrected chi connectivity index (χ2v) is 7.76. The second kappa shape index (κ2) is 8.91. The first-order valence-corrected chi connectivity index (χ1v) is 10.1. The number of hydrogen-bond donors (Lipinski definition) is 1. The fraction of sp³-hybridized carbons (Fsp3) is 0.842. The smallest absolute Gasteiger partial charge is 0.325 e. The topological polar surface area (TPSA) is 88.2 Å². The molecule has 1 N–H and O–H groups in total. The molecule has 3 rings (SSSR count). The summed E-state index contributed by atoms with van der Waals surface area (Å²) in [5.74, 6) is -0.461. The van der Waals surface area contributed by atoms with Gasteiger partial charge in [-0.15, -0.1) is 0 Å². The van der Waals surface area contributed by atoms with Crippen LogP contribution in [0.25, 0.3) is 0 Å². The quantitative estimate of drug-likeness (QED) is 0.734. The third-order valence-electron chi connectivity index (χ3n) is 6.08. The highest BCUT2D eigenvalue weighted by Crippen LogP contribution is 2.45. The Bertz CT molecular complexity index is 556. The first kappa shape index (κ1) is 19.9. The average molecular weight is 381 g/mol. The maximum atomic E-state index is 13.2. The van der Waals surface area contributed by atoms with Gasteiger partial charge in [-0.1, -0.05) is 0 Å². The van der Waals surface area contributed by atoms with Crippen LogP contribution in [0.2, 0.25) is 0 Å². The minimum atomic E-state index is -0.452. The van der Waals surface area contributed by atoms with E-state index in [2.05, 4.69) is 5.32 Å². The molecule has 0 aromatic rings. The molecule has 1 spiro atoms. The van der Waals surface area contributed by atoms with Crippen LogP contribution in [0.5, 0.6) is 0 Å². The molecule has 3 heterocycles. The van der Waals surface area contributed by atoms with Crippen LogP contribution in [0.15, 0.2) is 0 Å². The highest BCUT2D eigenvalue weighted by Gasteiger charge is 2.52. The number of ether oxygens (including phenoxy) is 2. The van der Waals surface area contributed by atoms with Crippen molar-refractivity contribution in [3.8, 4) is 0 Å². The lowest BCUT2D eigenvalue weighted by atomic mass is 9.71. The van der Waals surface area contributed by atoms with Gasteiger partial charge in [0, 0.05) is 44.8 Å². The number of piperidine rings is 1. The maximum Gasteiger partial charge on any atom is 0.325 e. The van der Waals surface area contributed by atoms with Crippen LogP contribution in [0, 0.1) is 11.3 Å². The zero-order valence-corrected chi connectivity index (χ0v) is 16.2. The summed E-state index contributed by atoms with van der Waals surface area (Å²) in [5.41, 5.74) is -0.214. The molecule has 8 nitrogen and oxygen atoms in total. The van der Waals surface area contributed by atoms with Gasteiger partial charge in [-0.2, -0.15) is 0 Å². The molecule has 152 valence electrons. The molecule has 3 aliphatic rings. The minimum absolute atomic E-state index is 0.149. The van der Waals surface area contributed by atoms with E-state index >= 15 is 0 Å². The zero-order valence-electron chi connectivity index (χ0n) is 16.2. The highest BCUT2D eigenvalue weighted by molar-refractivity contribution is 5.84. The van der Waals surface area contributed by atoms with E-state index in [4.69, 9.17) is 9.47 Å². The van der Waals surface area contributed by atoms with E-state index in [1.54, 1.807) is 11.8 Å².